The first-order chi connectivity index (χ1) is 15.6. The quantitative estimate of drug-likeness (QED) is 0.448. The highest BCUT2D eigenvalue weighted by atomic mass is 35.5. The highest BCUT2D eigenvalue weighted by Gasteiger charge is 2.21. The van der Waals surface area contributed by atoms with Crippen molar-refractivity contribution in [2.75, 3.05) is 16.6 Å². The average Bonchev–Trinajstić information content (AvgIpc) is 2.76. The van der Waals surface area contributed by atoms with Crippen LogP contribution in [0.15, 0.2) is 65.6 Å². The van der Waals surface area contributed by atoms with Crippen molar-refractivity contribution in [3.63, 3.8) is 0 Å². The SMILES string of the molecule is CCOC(=O)c1cccc(NC(=O)c2ccc(Cl)c(S(=O)(=O)Nc3cc(C)ccc3C)c2)c1. The number of rotatable bonds is 7. The second-order valence-corrected chi connectivity index (χ2v) is 9.38. The minimum atomic E-state index is -4.06. The Kier molecular flexibility index (Phi) is 7.40. The van der Waals surface area contributed by atoms with Crippen LogP contribution in [-0.4, -0.2) is 26.9 Å². The fraction of sp³-hybridized carbons (Fsp3) is 0.167. The van der Waals surface area contributed by atoms with Crippen LogP contribution in [0.2, 0.25) is 5.02 Å². The van der Waals surface area contributed by atoms with E-state index in [9.17, 15) is 18.0 Å². The first-order valence-electron chi connectivity index (χ1n) is 10.1. The molecule has 0 aliphatic heterocycles. The molecule has 3 aromatic carbocycles. The Morgan fingerprint density at radius 1 is 0.970 bits per heavy atom. The third-order valence-corrected chi connectivity index (χ3v) is 6.60. The molecule has 0 atom stereocenters. The van der Waals surface area contributed by atoms with E-state index in [0.29, 0.717) is 11.4 Å². The van der Waals surface area contributed by atoms with Crippen LogP contribution >= 0.6 is 11.6 Å². The Bertz CT molecular complexity index is 1320. The van der Waals surface area contributed by atoms with Gasteiger partial charge in [0.1, 0.15) is 4.90 Å². The van der Waals surface area contributed by atoms with Gasteiger partial charge < -0.3 is 10.1 Å². The molecular formula is C24H23ClN2O5S. The Labute approximate surface area is 197 Å². The molecule has 3 rings (SSSR count). The summed E-state index contributed by atoms with van der Waals surface area (Å²) >= 11 is 6.17. The second-order valence-electron chi connectivity index (χ2n) is 7.32. The Morgan fingerprint density at radius 2 is 1.73 bits per heavy atom. The molecule has 0 saturated heterocycles. The molecule has 0 unspecified atom stereocenters. The summed E-state index contributed by atoms with van der Waals surface area (Å²) in [5.41, 5.74) is 2.79. The fourth-order valence-corrected chi connectivity index (χ4v) is 4.69. The summed E-state index contributed by atoms with van der Waals surface area (Å²) in [6.07, 6.45) is 0. The first kappa shape index (κ1) is 24.3. The Balaban J connectivity index is 1.86. The van der Waals surface area contributed by atoms with E-state index >= 15 is 0 Å². The van der Waals surface area contributed by atoms with E-state index < -0.39 is 21.9 Å². The van der Waals surface area contributed by atoms with Crippen LogP contribution in [0.25, 0.3) is 0 Å². The number of halogens is 1. The summed E-state index contributed by atoms with van der Waals surface area (Å²) < 4.78 is 33.5. The predicted molar refractivity (Wildman–Crippen MR) is 129 cm³/mol. The normalized spacial score (nSPS) is 11.0. The van der Waals surface area contributed by atoms with Crippen molar-refractivity contribution in [2.45, 2.75) is 25.7 Å². The molecule has 3 aromatic rings. The van der Waals surface area contributed by atoms with Gasteiger partial charge in [-0.25, -0.2) is 13.2 Å². The minimum Gasteiger partial charge on any atom is -0.462 e. The summed E-state index contributed by atoms with van der Waals surface area (Å²) in [6.45, 7) is 5.57. The van der Waals surface area contributed by atoms with Gasteiger partial charge in [0.15, 0.2) is 0 Å². The lowest BCUT2D eigenvalue weighted by Crippen LogP contribution is -2.17. The van der Waals surface area contributed by atoms with Crippen LogP contribution in [-0.2, 0) is 14.8 Å². The molecule has 0 heterocycles. The van der Waals surface area contributed by atoms with E-state index in [2.05, 4.69) is 10.0 Å². The molecule has 0 aromatic heterocycles. The zero-order valence-corrected chi connectivity index (χ0v) is 19.9. The molecule has 0 saturated carbocycles. The number of benzene rings is 3. The molecular weight excluding hydrogens is 464 g/mol. The van der Waals surface area contributed by atoms with Crippen LogP contribution in [0, 0.1) is 13.8 Å². The van der Waals surface area contributed by atoms with E-state index in [1.165, 1.54) is 24.3 Å². The van der Waals surface area contributed by atoms with Gasteiger partial charge in [0.05, 0.1) is 22.9 Å². The number of anilines is 2. The lowest BCUT2D eigenvalue weighted by atomic mass is 10.1. The van der Waals surface area contributed by atoms with Gasteiger partial charge in [-0.1, -0.05) is 29.8 Å². The van der Waals surface area contributed by atoms with Gasteiger partial charge in [0.25, 0.3) is 15.9 Å². The summed E-state index contributed by atoms with van der Waals surface area (Å²) in [6, 6.07) is 15.6. The Hall–Kier alpha value is -3.36. The number of sulfonamides is 1. The van der Waals surface area contributed by atoms with E-state index in [1.807, 2.05) is 19.1 Å². The molecule has 9 heteroatoms. The monoisotopic (exact) mass is 486 g/mol. The smallest absolute Gasteiger partial charge is 0.338 e. The third-order valence-electron chi connectivity index (χ3n) is 4.75. The van der Waals surface area contributed by atoms with Gasteiger partial charge in [0.2, 0.25) is 0 Å². The standard InChI is InChI=1S/C24H23ClN2O5S/c1-4-32-24(29)18-6-5-7-19(13-18)26-23(28)17-10-11-20(25)22(14-17)33(30,31)27-21-12-15(2)8-9-16(21)3/h5-14,27H,4H2,1-3H3,(H,26,28). The van der Waals surface area contributed by atoms with Crippen LogP contribution in [0.3, 0.4) is 0 Å². The lowest BCUT2D eigenvalue weighted by molar-refractivity contribution is 0.0526. The summed E-state index contributed by atoms with van der Waals surface area (Å²) in [4.78, 5) is 24.5. The highest BCUT2D eigenvalue weighted by molar-refractivity contribution is 7.92. The van der Waals surface area contributed by atoms with E-state index in [1.54, 1.807) is 38.1 Å². The van der Waals surface area contributed by atoms with Crippen molar-refractivity contribution in [1.29, 1.82) is 0 Å². The summed E-state index contributed by atoms with van der Waals surface area (Å²) in [5.74, 6) is -1.07. The molecule has 0 aliphatic carbocycles. The summed E-state index contributed by atoms with van der Waals surface area (Å²) in [7, 11) is -4.06. The van der Waals surface area contributed by atoms with Crippen molar-refractivity contribution in [2.24, 2.45) is 0 Å². The van der Waals surface area contributed by atoms with Gasteiger partial charge in [-0.2, -0.15) is 0 Å². The average molecular weight is 487 g/mol. The predicted octanol–water partition coefficient (Wildman–Crippen LogP) is 5.19. The molecule has 2 N–H and O–H groups in total. The molecule has 1 amide bonds. The molecule has 0 bridgehead atoms. The number of hydrogen-bond acceptors (Lipinski definition) is 5. The number of ether oxygens (including phenoxy) is 1. The van der Waals surface area contributed by atoms with Crippen molar-refractivity contribution in [1.82, 2.24) is 0 Å². The van der Waals surface area contributed by atoms with Crippen LogP contribution in [0.1, 0.15) is 38.8 Å². The van der Waals surface area contributed by atoms with Gasteiger partial charge >= 0.3 is 5.97 Å². The lowest BCUT2D eigenvalue weighted by Gasteiger charge is -2.13. The van der Waals surface area contributed by atoms with Crippen LogP contribution in [0.5, 0.6) is 0 Å². The molecule has 7 nitrogen and oxygen atoms in total. The van der Waals surface area contributed by atoms with Gasteiger partial charge in [-0.05, 0) is 74.4 Å². The number of esters is 1. The second kappa shape index (κ2) is 10.1. The maximum atomic E-state index is 13.0. The number of aryl methyl sites for hydroxylation is 2. The molecule has 0 radical (unpaired) electrons. The maximum absolute atomic E-state index is 13.0. The number of carbonyl (C=O) groups excluding carboxylic acids is 2. The molecule has 0 fully saturated rings. The molecule has 0 aliphatic rings. The van der Waals surface area contributed by atoms with Crippen molar-refractivity contribution in [3.05, 3.63) is 87.9 Å². The number of amides is 1. The van der Waals surface area contributed by atoms with E-state index in [4.69, 9.17) is 16.3 Å². The molecule has 172 valence electrons. The van der Waals surface area contributed by atoms with Gasteiger partial charge in [0, 0.05) is 11.3 Å². The zero-order valence-electron chi connectivity index (χ0n) is 18.3. The summed E-state index contributed by atoms with van der Waals surface area (Å²) in [5, 5.41) is 2.64. The fourth-order valence-electron chi connectivity index (χ4n) is 3.04. The van der Waals surface area contributed by atoms with E-state index in [0.717, 1.165) is 11.1 Å². The van der Waals surface area contributed by atoms with Crippen molar-refractivity contribution in [3.8, 4) is 0 Å². The van der Waals surface area contributed by atoms with E-state index in [-0.39, 0.29) is 27.7 Å². The van der Waals surface area contributed by atoms with Crippen molar-refractivity contribution >= 4 is 44.9 Å². The molecule has 0 spiro atoms. The first-order valence-corrected chi connectivity index (χ1v) is 11.9. The third kappa shape index (κ3) is 5.91. The van der Waals surface area contributed by atoms with Gasteiger partial charge in [-0.3, -0.25) is 9.52 Å². The topological polar surface area (TPSA) is 102 Å². The Morgan fingerprint density at radius 3 is 2.45 bits per heavy atom. The molecule has 33 heavy (non-hydrogen) atoms. The van der Waals surface area contributed by atoms with Gasteiger partial charge in [-0.15, -0.1) is 0 Å². The van der Waals surface area contributed by atoms with Crippen LogP contribution < -0.4 is 10.0 Å². The number of carbonyl (C=O) groups is 2. The van der Waals surface area contributed by atoms with Crippen LogP contribution in [0.4, 0.5) is 11.4 Å². The minimum absolute atomic E-state index is 0.0198. The van der Waals surface area contributed by atoms with Crippen molar-refractivity contribution < 1.29 is 22.7 Å². The maximum Gasteiger partial charge on any atom is 0.338 e. The number of hydrogen-bond donors (Lipinski definition) is 2. The largest absolute Gasteiger partial charge is 0.462 e. The highest BCUT2D eigenvalue weighted by Crippen LogP contribution is 2.27. The zero-order chi connectivity index (χ0) is 24.2. The number of nitrogens with one attached hydrogen (secondary N) is 2.